The Bertz CT molecular complexity index is 923. The lowest BCUT2D eigenvalue weighted by Crippen LogP contribution is -2.29. The topological polar surface area (TPSA) is 70.6 Å². The normalized spacial score (nSPS) is 14.6. The van der Waals surface area contributed by atoms with Crippen molar-refractivity contribution < 1.29 is 23.5 Å². The fourth-order valence-electron chi connectivity index (χ4n) is 2.63. The van der Waals surface area contributed by atoms with Gasteiger partial charge in [0, 0.05) is 14.7 Å². The molecular weight excluding hydrogens is 505 g/mol. The first kappa shape index (κ1) is 21.2. The van der Waals surface area contributed by atoms with Crippen molar-refractivity contribution in [1.29, 1.82) is 0 Å². The Morgan fingerprint density at radius 3 is 2.64 bits per heavy atom. The zero-order valence-corrected chi connectivity index (χ0v) is 17.8. The third-order valence-corrected chi connectivity index (χ3v) is 5.64. The van der Waals surface area contributed by atoms with Crippen LogP contribution in [0.4, 0.5) is 20.2 Å². The molecule has 1 aliphatic carbocycles. The summed E-state index contributed by atoms with van der Waals surface area (Å²) in [7, 11) is 0. The lowest BCUT2D eigenvalue weighted by atomic mass is 10.1. The predicted octanol–water partition coefficient (Wildman–Crippen LogP) is 4.71. The quantitative estimate of drug-likeness (QED) is 0.280. The molecule has 2 aromatic rings. The molecule has 1 fully saturated rings. The number of carbonyl (C=O) groups excluding carboxylic acids is 1. The molecule has 9 heteroatoms. The van der Waals surface area contributed by atoms with E-state index in [1.54, 1.807) is 12.1 Å². The van der Waals surface area contributed by atoms with Crippen LogP contribution in [-0.2, 0) is 4.84 Å². The molecule has 0 radical (unpaired) electrons. The van der Waals surface area contributed by atoms with E-state index in [1.807, 2.05) is 13.0 Å². The smallest absolute Gasteiger partial charge is 0.277 e. The second kappa shape index (κ2) is 8.48. The van der Waals surface area contributed by atoms with Crippen molar-refractivity contribution in [3.05, 3.63) is 55.6 Å². The fraction of sp³-hybridized carbons (Fsp3) is 0.316. The lowest BCUT2D eigenvalue weighted by molar-refractivity contribution is -0.0000399. The summed E-state index contributed by atoms with van der Waals surface area (Å²) >= 11 is 7.87. The van der Waals surface area contributed by atoms with E-state index in [0.29, 0.717) is 5.69 Å². The van der Waals surface area contributed by atoms with Crippen LogP contribution < -0.4 is 10.8 Å². The Morgan fingerprint density at radius 2 is 2.04 bits per heavy atom. The minimum Gasteiger partial charge on any atom is -0.396 e. The van der Waals surface area contributed by atoms with Crippen molar-refractivity contribution in [3.8, 4) is 0 Å². The maximum Gasteiger partial charge on any atom is 0.277 e. The molecule has 1 saturated carbocycles. The van der Waals surface area contributed by atoms with Crippen molar-refractivity contribution in [2.24, 2.45) is 5.41 Å². The maximum absolute atomic E-state index is 14.6. The van der Waals surface area contributed by atoms with E-state index >= 15 is 0 Å². The number of hydrogen-bond donors (Lipinski definition) is 3. The second-order valence-electron chi connectivity index (χ2n) is 6.87. The molecule has 2 aromatic carbocycles. The highest BCUT2D eigenvalue weighted by molar-refractivity contribution is 14.1. The molecule has 3 N–H and O–H groups in total. The van der Waals surface area contributed by atoms with Gasteiger partial charge in [-0.15, -0.1) is 0 Å². The average Bonchev–Trinajstić information content (AvgIpc) is 3.44. The van der Waals surface area contributed by atoms with E-state index in [-0.39, 0.29) is 29.9 Å². The highest BCUT2D eigenvalue weighted by Crippen LogP contribution is 2.45. The van der Waals surface area contributed by atoms with Crippen molar-refractivity contribution in [3.63, 3.8) is 0 Å². The van der Waals surface area contributed by atoms with Crippen LogP contribution in [0.25, 0.3) is 0 Å². The summed E-state index contributed by atoms with van der Waals surface area (Å²) in [5, 5.41) is 11.6. The van der Waals surface area contributed by atoms with Crippen LogP contribution in [0.3, 0.4) is 0 Å². The first-order valence-electron chi connectivity index (χ1n) is 8.50. The number of amides is 1. The van der Waals surface area contributed by atoms with Crippen molar-refractivity contribution in [2.75, 3.05) is 18.5 Å². The number of nitrogens with one attached hydrogen (secondary N) is 2. The first-order valence-corrected chi connectivity index (χ1v) is 9.96. The van der Waals surface area contributed by atoms with Gasteiger partial charge in [0.25, 0.3) is 5.91 Å². The van der Waals surface area contributed by atoms with E-state index in [4.69, 9.17) is 16.4 Å². The Hall–Kier alpha value is -1.49. The van der Waals surface area contributed by atoms with Gasteiger partial charge in [-0.2, -0.15) is 0 Å². The molecule has 1 aliphatic rings. The van der Waals surface area contributed by atoms with Crippen LogP contribution in [-0.4, -0.2) is 24.2 Å². The molecule has 0 spiro atoms. The Kier molecular flexibility index (Phi) is 6.43. The Balaban J connectivity index is 1.86. The van der Waals surface area contributed by atoms with Gasteiger partial charge in [-0.1, -0.05) is 11.6 Å². The van der Waals surface area contributed by atoms with Crippen LogP contribution in [0.5, 0.6) is 0 Å². The zero-order chi connectivity index (χ0) is 20.5. The summed E-state index contributed by atoms with van der Waals surface area (Å²) in [4.78, 5) is 17.7. The van der Waals surface area contributed by atoms with E-state index in [1.165, 1.54) is 0 Å². The molecule has 0 bridgehead atoms. The van der Waals surface area contributed by atoms with Crippen molar-refractivity contribution >= 4 is 51.5 Å². The summed E-state index contributed by atoms with van der Waals surface area (Å²) in [6.45, 7) is 1.89. The third kappa shape index (κ3) is 4.56. The number of anilines is 2. The SMILES string of the molecule is Cc1cc(I)ccc1Nc1c(C(=O)NOCC2(CO)CC2)cc(Cl)c(F)c1F. The summed E-state index contributed by atoms with van der Waals surface area (Å²) in [6, 6.07) is 6.41. The molecule has 1 amide bonds. The second-order valence-corrected chi connectivity index (χ2v) is 8.52. The highest BCUT2D eigenvalue weighted by atomic mass is 127. The largest absolute Gasteiger partial charge is 0.396 e. The molecule has 0 unspecified atom stereocenters. The number of aliphatic hydroxyl groups excluding tert-OH is 1. The van der Waals surface area contributed by atoms with Crippen LogP contribution in [0.2, 0.25) is 5.02 Å². The highest BCUT2D eigenvalue weighted by Gasteiger charge is 2.42. The van der Waals surface area contributed by atoms with Crippen molar-refractivity contribution in [2.45, 2.75) is 19.8 Å². The molecule has 0 aliphatic heterocycles. The number of benzene rings is 2. The molecule has 3 rings (SSSR count). The van der Waals surface area contributed by atoms with Crippen molar-refractivity contribution in [1.82, 2.24) is 5.48 Å². The number of carbonyl (C=O) groups is 1. The van der Waals surface area contributed by atoms with Gasteiger partial charge in [0.1, 0.15) is 0 Å². The van der Waals surface area contributed by atoms with Gasteiger partial charge in [0.05, 0.1) is 29.5 Å². The lowest BCUT2D eigenvalue weighted by Gasteiger charge is -2.17. The number of rotatable bonds is 7. The first-order chi connectivity index (χ1) is 13.3. The number of hydroxylamine groups is 1. The van der Waals surface area contributed by atoms with Gasteiger partial charge >= 0.3 is 0 Å². The molecule has 0 saturated heterocycles. The van der Waals surface area contributed by atoms with Gasteiger partial charge in [-0.05, 0) is 72.2 Å². The summed E-state index contributed by atoms with van der Waals surface area (Å²) in [5.74, 6) is -3.29. The third-order valence-electron chi connectivity index (χ3n) is 4.69. The molecular formula is C19H18ClF2IN2O3. The number of aliphatic hydroxyl groups is 1. The predicted molar refractivity (Wildman–Crippen MR) is 111 cm³/mol. The van der Waals surface area contributed by atoms with Gasteiger partial charge in [-0.25, -0.2) is 14.3 Å². The Morgan fingerprint density at radius 1 is 1.32 bits per heavy atom. The number of aryl methyl sites for hydroxylation is 1. The van der Waals surface area contributed by atoms with Gasteiger partial charge < -0.3 is 10.4 Å². The average molecular weight is 523 g/mol. The van der Waals surface area contributed by atoms with Crippen LogP contribution >= 0.6 is 34.2 Å². The van der Waals surface area contributed by atoms with E-state index in [0.717, 1.165) is 28.0 Å². The van der Waals surface area contributed by atoms with E-state index < -0.39 is 22.6 Å². The molecule has 5 nitrogen and oxygen atoms in total. The standard InChI is InChI=1S/C19H18ClF2IN2O3/c1-10-6-11(23)2-3-14(10)24-17-12(7-13(20)15(21)16(17)22)18(27)25-28-9-19(8-26)4-5-19/h2-3,6-7,24,26H,4-5,8-9H2,1H3,(H,25,27). The van der Waals surface area contributed by atoms with Gasteiger partial charge in [-0.3, -0.25) is 9.63 Å². The van der Waals surface area contributed by atoms with Gasteiger partial charge in [0.2, 0.25) is 0 Å². The van der Waals surface area contributed by atoms with E-state index in [2.05, 4.69) is 33.4 Å². The monoisotopic (exact) mass is 522 g/mol. The minimum absolute atomic E-state index is 0.0429. The maximum atomic E-state index is 14.6. The van der Waals surface area contributed by atoms with Crippen LogP contribution in [0.1, 0.15) is 28.8 Å². The van der Waals surface area contributed by atoms with Gasteiger partial charge in [0.15, 0.2) is 11.6 Å². The van der Waals surface area contributed by atoms with E-state index in [9.17, 15) is 18.7 Å². The summed E-state index contributed by atoms with van der Waals surface area (Å²) in [6.07, 6.45) is 1.60. The molecule has 0 heterocycles. The molecule has 150 valence electrons. The minimum atomic E-state index is -1.26. The van der Waals surface area contributed by atoms with Crippen LogP contribution in [0, 0.1) is 27.5 Å². The summed E-state index contributed by atoms with van der Waals surface area (Å²) < 4.78 is 29.6. The van der Waals surface area contributed by atoms with Crippen LogP contribution in [0.15, 0.2) is 24.3 Å². The fourth-order valence-corrected chi connectivity index (χ4v) is 3.47. The molecule has 28 heavy (non-hydrogen) atoms. The number of hydrogen-bond acceptors (Lipinski definition) is 4. The molecule has 0 atom stereocenters. The Labute approximate surface area is 179 Å². The zero-order valence-electron chi connectivity index (χ0n) is 14.9. The number of halogens is 4. The molecule has 0 aromatic heterocycles. The summed E-state index contributed by atoms with van der Waals surface area (Å²) in [5.41, 5.74) is 2.66.